The molecule has 2 fully saturated rings. The molecule has 1 saturated heterocycles. The highest BCUT2D eigenvalue weighted by atomic mass is 16.5. The Labute approximate surface area is 93.8 Å². The molecule has 2 nitrogen and oxygen atoms in total. The summed E-state index contributed by atoms with van der Waals surface area (Å²) >= 11 is 0. The smallest absolute Gasteiger partial charge is 0.0725 e. The van der Waals surface area contributed by atoms with E-state index >= 15 is 0 Å². The summed E-state index contributed by atoms with van der Waals surface area (Å²) in [7, 11) is 2.08. The van der Waals surface area contributed by atoms with Gasteiger partial charge in [-0.3, -0.25) is 0 Å². The van der Waals surface area contributed by atoms with Gasteiger partial charge in [0.2, 0.25) is 0 Å². The zero-order valence-electron chi connectivity index (χ0n) is 10.4. The van der Waals surface area contributed by atoms with E-state index in [0.717, 1.165) is 18.4 Å². The van der Waals surface area contributed by atoms with Gasteiger partial charge in [0.25, 0.3) is 0 Å². The van der Waals surface area contributed by atoms with Gasteiger partial charge in [0.15, 0.2) is 0 Å². The van der Waals surface area contributed by atoms with E-state index < -0.39 is 0 Å². The van der Waals surface area contributed by atoms with Gasteiger partial charge >= 0.3 is 0 Å². The second-order valence-corrected chi connectivity index (χ2v) is 5.55. The van der Waals surface area contributed by atoms with Crippen LogP contribution in [0, 0.1) is 11.8 Å². The number of hydrogen-bond donors (Lipinski definition) is 1. The van der Waals surface area contributed by atoms with Gasteiger partial charge < -0.3 is 10.1 Å². The van der Waals surface area contributed by atoms with Gasteiger partial charge in [-0.05, 0) is 38.1 Å². The van der Waals surface area contributed by atoms with Crippen LogP contribution >= 0.6 is 0 Å². The van der Waals surface area contributed by atoms with E-state index in [-0.39, 0.29) is 5.60 Å². The van der Waals surface area contributed by atoms with Gasteiger partial charge in [-0.15, -0.1) is 0 Å². The Bertz CT molecular complexity index is 215. The summed E-state index contributed by atoms with van der Waals surface area (Å²) in [5.41, 5.74) is 0.198. The van der Waals surface area contributed by atoms with E-state index in [2.05, 4.69) is 26.2 Å². The van der Waals surface area contributed by atoms with Crippen LogP contribution < -0.4 is 5.32 Å². The van der Waals surface area contributed by atoms with Crippen molar-refractivity contribution < 1.29 is 4.74 Å². The highest BCUT2D eigenvalue weighted by molar-refractivity contribution is 4.97. The minimum absolute atomic E-state index is 0.198. The molecule has 0 amide bonds. The molecule has 1 N–H and O–H groups in total. The van der Waals surface area contributed by atoms with Gasteiger partial charge in [-0.1, -0.05) is 26.7 Å². The SMILES string of the molecule is CNC1CCOC2(CCCC(C)C2C)C1. The van der Waals surface area contributed by atoms with Gasteiger partial charge in [-0.2, -0.15) is 0 Å². The Morgan fingerprint density at radius 2 is 2.07 bits per heavy atom. The summed E-state index contributed by atoms with van der Waals surface area (Å²) in [5.74, 6) is 1.55. The predicted octanol–water partition coefficient (Wildman–Crippen LogP) is 2.58. The average molecular weight is 211 g/mol. The van der Waals surface area contributed by atoms with Crippen molar-refractivity contribution in [2.45, 2.75) is 57.6 Å². The van der Waals surface area contributed by atoms with E-state index in [1.165, 1.54) is 32.1 Å². The Balaban J connectivity index is 2.09. The highest BCUT2D eigenvalue weighted by Crippen LogP contribution is 2.45. The molecule has 4 unspecified atom stereocenters. The van der Waals surface area contributed by atoms with Crippen molar-refractivity contribution in [1.82, 2.24) is 5.32 Å². The molecule has 1 heterocycles. The van der Waals surface area contributed by atoms with Crippen molar-refractivity contribution in [1.29, 1.82) is 0 Å². The molecule has 4 atom stereocenters. The zero-order valence-corrected chi connectivity index (χ0v) is 10.4. The molecule has 1 spiro atoms. The third-order valence-electron chi connectivity index (χ3n) is 4.80. The maximum Gasteiger partial charge on any atom is 0.0725 e. The van der Waals surface area contributed by atoms with Crippen molar-refractivity contribution >= 4 is 0 Å². The number of ether oxygens (including phenoxy) is 1. The summed E-state index contributed by atoms with van der Waals surface area (Å²) in [6, 6.07) is 0.673. The van der Waals surface area contributed by atoms with Crippen LogP contribution in [0.5, 0.6) is 0 Å². The lowest BCUT2D eigenvalue weighted by atomic mass is 9.67. The molecular weight excluding hydrogens is 186 g/mol. The van der Waals surface area contributed by atoms with Gasteiger partial charge in [-0.25, -0.2) is 0 Å². The first-order valence-electron chi connectivity index (χ1n) is 6.49. The van der Waals surface area contributed by atoms with Crippen molar-refractivity contribution in [3.8, 4) is 0 Å². The maximum atomic E-state index is 6.18. The largest absolute Gasteiger partial charge is 0.375 e. The molecular formula is C13H25NO. The summed E-state index contributed by atoms with van der Waals surface area (Å²) in [6.07, 6.45) is 6.41. The van der Waals surface area contributed by atoms with Crippen molar-refractivity contribution in [2.75, 3.05) is 13.7 Å². The third-order valence-corrected chi connectivity index (χ3v) is 4.80. The first-order valence-corrected chi connectivity index (χ1v) is 6.49. The van der Waals surface area contributed by atoms with Crippen LogP contribution in [0.2, 0.25) is 0 Å². The average Bonchev–Trinajstić information content (AvgIpc) is 2.26. The van der Waals surface area contributed by atoms with Crippen LogP contribution in [0.4, 0.5) is 0 Å². The van der Waals surface area contributed by atoms with Gasteiger partial charge in [0.1, 0.15) is 0 Å². The monoisotopic (exact) mass is 211 g/mol. The third kappa shape index (κ3) is 2.07. The lowest BCUT2D eigenvalue weighted by Crippen LogP contribution is -2.53. The van der Waals surface area contributed by atoms with E-state index in [4.69, 9.17) is 4.74 Å². The Morgan fingerprint density at radius 1 is 1.27 bits per heavy atom. The molecule has 1 saturated carbocycles. The molecule has 2 heteroatoms. The van der Waals surface area contributed by atoms with Crippen LogP contribution in [-0.4, -0.2) is 25.3 Å². The first-order chi connectivity index (χ1) is 7.18. The normalized spacial score (nSPS) is 47.0. The first kappa shape index (κ1) is 11.4. The van der Waals surface area contributed by atoms with Crippen molar-refractivity contribution in [3.05, 3.63) is 0 Å². The zero-order chi connectivity index (χ0) is 10.9. The van der Waals surface area contributed by atoms with Crippen LogP contribution in [0.25, 0.3) is 0 Å². The Hall–Kier alpha value is -0.0800. The number of hydrogen-bond acceptors (Lipinski definition) is 2. The fourth-order valence-corrected chi connectivity index (χ4v) is 3.44. The van der Waals surface area contributed by atoms with E-state index in [1.807, 2.05) is 0 Å². The molecule has 0 aromatic heterocycles. The highest BCUT2D eigenvalue weighted by Gasteiger charge is 2.45. The van der Waals surface area contributed by atoms with E-state index in [0.29, 0.717) is 6.04 Å². The summed E-state index contributed by atoms with van der Waals surface area (Å²) in [5, 5.41) is 3.43. The lowest BCUT2D eigenvalue weighted by Gasteiger charge is -2.50. The van der Waals surface area contributed by atoms with Crippen LogP contribution in [-0.2, 0) is 4.74 Å². The second kappa shape index (κ2) is 4.42. The van der Waals surface area contributed by atoms with Crippen LogP contribution in [0.1, 0.15) is 46.0 Å². The molecule has 0 aromatic carbocycles. The Morgan fingerprint density at radius 3 is 2.80 bits per heavy atom. The van der Waals surface area contributed by atoms with Gasteiger partial charge in [0, 0.05) is 12.6 Å². The topological polar surface area (TPSA) is 21.3 Å². The summed E-state index contributed by atoms with van der Waals surface area (Å²) in [6.45, 7) is 5.72. The molecule has 15 heavy (non-hydrogen) atoms. The summed E-state index contributed by atoms with van der Waals surface area (Å²) in [4.78, 5) is 0. The predicted molar refractivity (Wildman–Crippen MR) is 62.9 cm³/mol. The molecule has 0 radical (unpaired) electrons. The minimum atomic E-state index is 0.198. The molecule has 2 rings (SSSR count). The standard InChI is InChI=1S/C13H25NO/c1-10-5-4-7-13(11(10)2)9-12(14-3)6-8-15-13/h10-12,14H,4-9H2,1-3H3. The number of rotatable bonds is 1. The van der Waals surface area contributed by atoms with E-state index in [9.17, 15) is 0 Å². The van der Waals surface area contributed by atoms with Gasteiger partial charge in [0.05, 0.1) is 5.60 Å². The fourth-order valence-electron chi connectivity index (χ4n) is 3.44. The molecule has 2 aliphatic rings. The molecule has 0 bridgehead atoms. The van der Waals surface area contributed by atoms with Crippen molar-refractivity contribution in [2.24, 2.45) is 11.8 Å². The lowest BCUT2D eigenvalue weighted by molar-refractivity contribution is -0.150. The molecule has 1 aliphatic heterocycles. The minimum Gasteiger partial charge on any atom is -0.375 e. The van der Waals surface area contributed by atoms with Crippen LogP contribution in [0.15, 0.2) is 0 Å². The molecule has 0 aromatic rings. The Kier molecular flexibility index (Phi) is 3.36. The molecule has 88 valence electrons. The van der Waals surface area contributed by atoms with Crippen LogP contribution in [0.3, 0.4) is 0 Å². The maximum absolute atomic E-state index is 6.18. The summed E-state index contributed by atoms with van der Waals surface area (Å²) < 4.78 is 6.18. The quantitative estimate of drug-likeness (QED) is 0.720. The molecule has 1 aliphatic carbocycles. The van der Waals surface area contributed by atoms with E-state index in [1.54, 1.807) is 0 Å². The fraction of sp³-hybridized carbons (Fsp3) is 1.00. The van der Waals surface area contributed by atoms with Crippen molar-refractivity contribution in [3.63, 3.8) is 0 Å². The number of nitrogens with one attached hydrogen (secondary N) is 1. The second-order valence-electron chi connectivity index (χ2n) is 5.55.